The summed E-state index contributed by atoms with van der Waals surface area (Å²) in [5.74, 6) is 1.81. The molecule has 0 aromatic carbocycles. The number of aromatic nitrogens is 2. The molecule has 2 aromatic rings. The monoisotopic (exact) mass is 404 g/mol. The van der Waals surface area contributed by atoms with Gasteiger partial charge in [0, 0.05) is 25.2 Å². The van der Waals surface area contributed by atoms with Crippen LogP contribution in [0.4, 0.5) is 0 Å². The van der Waals surface area contributed by atoms with Crippen LogP contribution < -0.4 is 5.32 Å². The predicted molar refractivity (Wildman–Crippen MR) is 106 cm³/mol. The zero-order valence-electron chi connectivity index (χ0n) is 16.6. The number of aryl methyl sites for hydroxylation is 3. The van der Waals surface area contributed by atoms with Gasteiger partial charge in [-0.1, -0.05) is 5.16 Å². The number of carbonyl (C=O) groups is 1. The summed E-state index contributed by atoms with van der Waals surface area (Å²) < 4.78 is 5.26. The number of nitrogens with one attached hydrogen (secondary N) is 1. The highest BCUT2D eigenvalue weighted by Gasteiger charge is 2.42. The lowest BCUT2D eigenvalue weighted by Crippen LogP contribution is -2.49. The van der Waals surface area contributed by atoms with Gasteiger partial charge in [0.25, 0.3) is 5.91 Å². The number of hydrogen-bond acceptors (Lipinski definition) is 7. The molecule has 2 aromatic heterocycles. The molecule has 0 spiro atoms. The molecule has 4 atom stereocenters. The van der Waals surface area contributed by atoms with Crippen molar-refractivity contribution in [3.63, 3.8) is 0 Å². The van der Waals surface area contributed by atoms with Gasteiger partial charge in [-0.15, -0.1) is 11.3 Å². The van der Waals surface area contributed by atoms with Crippen molar-refractivity contribution in [2.45, 2.75) is 52.2 Å². The minimum Gasteiger partial charge on any atom is -0.391 e. The number of fused-ring (bicyclic) bond motifs is 1. The number of aliphatic hydroxyl groups is 1. The van der Waals surface area contributed by atoms with Gasteiger partial charge < -0.3 is 19.8 Å². The molecule has 2 aliphatic rings. The van der Waals surface area contributed by atoms with Gasteiger partial charge in [-0.2, -0.15) is 0 Å². The SMILES string of the molecule is Cc1ncsc1C(=O)N[C@H]1C[C@H]2CN(CCc3c(C)noc3C)C[C@H]2C[C@@H]1O. The van der Waals surface area contributed by atoms with E-state index in [9.17, 15) is 9.90 Å². The van der Waals surface area contributed by atoms with E-state index in [-0.39, 0.29) is 11.9 Å². The lowest BCUT2D eigenvalue weighted by Gasteiger charge is -2.35. The van der Waals surface area contributed by atoms with Gasteiger partial charge >= 0.3 is 0 Å². The predicted octanol–water partition coefficient (Wildman–Crippen LogP) is 2.10. The number of hydrogen-bond donors (Lipinski definition) is 2. The fourth-order valence-electron chi connectivity index (χ4n) is 4.75. The van der Waals surface area contributed by atoms with Crippen LogP contribution in [0, 0.1) is 32.6 Å². The summed E-state index contributed by atoms with van der Waals surface area (Å²) >= 11 is 1.35. The Morgan fingerprint density at radius 3 is 2.68 bits per heavy atom. The quantitative estimate of drug-likeness (QED) is 0.793. The second kappa shape index (κ2) is 7.93. The van der Waals surface area contributed by atoms with Gasteiger partial charge in [0.1, 0.15) is 10.6 Å². The molecule has 1 amide bonds. The number of nitrogens with zero attached hydrogens (tertiary/aromatic N) is 3. The Kier molecular flexibility index (Phi) is 5.53. The highest BCUT2D eigenvalue weighted by atomic mass is 32.1. The molecule has 4 rings (SSSR count). The van der Waals surface area contributed by atoms with E-state index in [0.717, 1.165) is 56.0 Å². The zero-order chi connectivity index (χ0) is 19.8. The fourth-order valence-corrected chi connectivity index (χ4v) is 5.45. The molecule has 1 aliphatic heterocycles. The Morgan fingerprint density at radius 1 is 1.29 bits per heavy atom. The molecule has 7 nitrogen and oxygen atoms in total. The van der Waals surface area contributed by atoms with E-state index in [1.165, 1.54) is 16.9 Å². The standard InChI is InChI=1S/C20H28N4O3S/c1-11-16(13(3)27-23-11)4-5-24-8-14-6-17(18(25)7-15(14)9-24)22-20(26)19-12(2)21-10-28-19/h10,14-15,17-18,25H,4-9H2,1-3H3,(H,22,26)/t14-,15+,17-,18-/m0/s1. The first-order valence-corrected chi connectivity index (χ1v) is 10.8. The van der Waals surface area contributed by atoms with Gasteiger partial charge in [-0.3, -0.25) is 4.79 Å². The molecule has 0 bridgehead atoms. The number of likely N-dealkylation sites (tertiary alicyclic amines) is 1. The molecule has 28 heavy (non-hydrogen) atoms. The van der Waals surface area contributed by atoms with E-state index in [1.807, 2.05) is 20.8 Å². The minimum absolute atomic E-state index is 0.115. The van der Waals surface area contributed by atoms with Gasteiger partial charge in [-0.25, -0.2) is 4.98 Å². The Bertz CT molecular complexity index is 829. The summed E-state index contributed by atoms with van der Waals surface area (Å²) in [5, 5.41) is 17.7. The van der Waals surface area contributed by atoms with E-state index in [0.29, 0.717) is 16.7 Å². The van der Waals surface area contributed by atoms with Crippen LogP contribution >= 0.6 is 11.3 Å². The van der Waals surface area contributed by atoms with Gasteiger partial charge in [0.05, 0.1) is 29.0 Å². The first-order valence-electron chi connectivity index (χ1n) is 9.95. The lowest BCUT2D eigenvalue weighted by atomic mass is 9.77. The first-order chi connectivity index (χ1) is 13.4. The molecular formula is C20H28N4O3S. The normalized spacial score (nSPS) is 27.7. The molecular weight excluding hydrogens is 376 g/mol. The third kappa shape index (κ3) is 3.86. The Labute approximate surface area is 169 Å². The van der Waals surface area contributed by atoms with Crippen molar-refractivity contribution in [3.8, 4) is 0 Å². The first kappa shape index (κ1) is 19.5. The van der Waals surface area contributed by atoms with Crippen LogP contribution in [0.1, 0.15) is 45.2 Å². The van der Waals surface area contributed by atoms with Crippen LogP contribution in [0.2, 0.25) is 0 Å². The lowest BCUT2D eigenvalue weighted by molar-refractivity contribution is 0.0462. The minimum atomic E-state index is -0.485. The average Bonchev–Trinajstić information content (AvgIpc) is 3.33. The third-order valence-corrected chi connectivity index (χ3v) is 7.27. The van der Waals surface area contributed by atoms with Gasteiger partial charge in [0.2, 0.25) is 0 Å². The largest absolute Gasteiger partial charge is 0.391 e. The van der Waals surface area contributed by atoms with Crippen LogP contribution in [0.25, 0.3) is 0 Å². The van der Waals surface area contributed by atoms with E-state index >= 15 is 0 Å². The van der Waals surface area contributed by atoms with Crippen molar-refractivity contribution in [1.82, 2.24) is 20.4 Å². The fraction of sp³-hybridized carbons (Fsp3) is 0.650. The molecule has 152 valence electrons. The number of carbonyl (C=O) groups excluding carboxylic acids is 1. The second-order valence-corrected chi connectivity index (χ2v) is 9.07. The molecule has 0 radical (unpaired) electrons. The molecule has 1 aliphatic carbocycles. The molecule has 3 heterocycles. The maximum Gasteiger partial charge on any atom is 0.263 e. The Morgan fingerprint density at radius 2 is 2.04 bits per heavy atom. The van der Waals surface area contributed by atoms with E-state index in [4.69, 9.17) is 4.52 Å². The van der Waals surface area contributed by atoms with Crippen molar-refractivity contribution in [1.29, 1.82) is 0 Å². The van der Waals surface area contributed by atoms with Crippen molar-refractivity contribution in [3.05, 3.63) is 33.1 Å². The Balaban J connectivity index is 1.33. The second-order valence-electron chi connectivity index (χ2n) is 8.22. The highest BCUT2D eigenvalue weighted by Crippen LogP contribution is 2.37. The smallest absolute Gasteiger partial charge is 0.263 e. The summed E-state index contributed by atoms with van der Waals surface area (Å²) in [5.41, 5.74) is 4.62. The van der Waals surface area contributed by atoms with E-state index < -0.39 is 6.10 Å². The third-order valence-electron chi connectivity index (χ3n) is 6.34. The van der Waals surface area contributed by atoms with Crippen molar-refractivity contribution >= 4 is 17.2 Å². The van der Waals surface area contributed by atoms with Crippen LogP contribution in [0.5, 0.6) is 0 Å². The van der Waals surface area contributed by atoms with Crippen LogP contribution in [-0.4, -0.2) is 57.8 Å². The highest BCUT2D eigenvalue weighted by molar-refractivity contribution is 7.11. The van der Waals surface area contributed by atoms with E-state index in [1.54, 1.807) is 5.51 Å². The van der Waals surface area contributed by atoms with Crippen molar-refractivity contribution < 1.29 is 14.4 Å². The number of thiazole rings is 1. The Hall–Kier alpha value is -1.77. The van der Waals surface area contributed by atoms with Crippen LogP contribution in [0.3, 0.4) is 0 Å². The topological polar surface area (TPSA) is 91.5 Å². The van der Waals surface area contributed by atoms with Crippen LogP contribution in [-0.2, 0) is 6.42 Å². The molecule has 8 heteroatoms. The molecule has 1 saturated carbocycles. The number of amides is 1. The van der Waals surface area contributed by atoms with Crippen LogP contribution in [0.15, 0.2) is 10.0 Å². The summed E-state index contributed by atoms with van der Waals surface area (Å²) in [7, 11) is 0. The van der Waals surface area contributed by atoms with Gasteiger partial charge in [0.15, 0.2) is 0 Å². The summed E-state index contributed by atoms with van der Waals surface area (Å²) in [6, 6.07) is -0.183. The molecule has 2 fully saturated rings. The van der Waals surface area contributed by atoms with E-state index in [2.05, 4.69) is 20.4 Å². The van der Waals surface area contributed by atoms with Crippen molar-refractivity contribution in [2.24, 2.45) is 11.8 Å². The molecule has 2 N–H and O–H groups in total. The summed E-state index contributed by atoms with van der Waals surface area (Å²) in [6.07, 6.45) is 2.03. The zero-order valence-corrected chi connectivity index (χ0v) is 17.5. The molecule has 1 saturated heterocycles. The average molecular weight is 405 g/mol. The number of rotatable bonds is 5. The maximum atomic E-state index is 12.5. The summed E-state index contributed by atoms with van der Waals surface area (Å²) in [4.78, 5) is 19.8. The van der Waals surface area contributed by atoms with Crippen molar-refractivity contribution in [2.75, 3.05) is 19.6 Å². The maximum absolute atomic E-state index is 12.5. The van der Waals surface area contributed by atoms with Gasteiger partial charge in [-0.05, 0) is 51.9 Å². The summed E-state index contributed by atoms with van der Waals surface area (Å²) in [6.45, 7) is 8.81. The molecule has 0 unspecified atom stereocenters. The number of aliphatic hydroxyl groups excluding tert-OH is 1.